The minimum absolute atomic E-state index is 0.137. The zero-order valence-corrected chi connectivity index (χ0v) is 16.5. The lowest BCUT2D eigenvalue weighted by Crippen LogP contribution is -2.23. The smallest absolute Gasteiger partial charge is 0.352 e. The number of carbonyl (C=O) groups excluding carboxylic acids is 1. The molecule has 0 bridgehead atoms. The van der Waals surface area contributed by atoms with Gasteiger partial charge in [0.1, 0.15) is 0 Å². The maximum atomic E-state index is 12.5. The number of amides is 1. The summed E-state index contributed by atoms with van der Waals surface area (Å²) >= 11 is 0. The van der Waals surface area contributed by atoms with Crippen molar-refractivity contribution in [1.82, 2.24) is 10.0 Å². The average molecular weight is 426 g/mol. The van der Waals surface area contributed by atoms with Gasteiger partial charge in [0.25, 0.3) is 0 Å². The summed E-state index contributed by atoms with van der Waals surface area (Å²) in [5, 5.41) is 2.64. The van der Waals surface area contributed by atoms with Gasteiger partial charge in [-0.2, -0.15) is 13.2 Å². The van der Waals surface area contributed by atoms with Gasteiger partial charge in [0.15, 0.2) is 0 Å². The minimum Gasteiger partial charge on any atom is -0.352 e. The van der Waals surface area contributed by atoms with Crippen molar-refractivity contribution in [3.8, 4) is 0 Å². The summed E-state index contributed by atoms with van der Waals surface area (Å²) in [6.07, 6.45) is -1.13. The summed E-state index contributed by atoms with van der Waals surface area (Å²) in [5.74, 6) is -0.360. The van der Waals surface area contributed by atoms with E-state index in [1.165, 1.54) is 36.4 Å². The Kier molecular flexibility index (Phi) is 7.58. The fourth-order valence-electron chi connectivity index (χ4n) is 2.45. The first-order valence-electron chi connectivity index (χ1n) is 8.83. The number of carbonyl (C=O) groups is 1. The molecule has 0 heterocycles. The lowest BCUT2D eigenvalue weighted by molar-refractivity contribution is -0.137. The highest BCUT2D eigenvalue weighted by Gasteiger charge is 2.29. The van der Waals surface area contributed by atoms with Gasteiger partial charge in [-0.1, -0.05) is 31.2 Å². The van der Waals surface area contributed by atoms with Crippen LogP contribution in [0.1, 0.15) is 23.6 Å². The van der Waals surface area contributed by atoms with Crippen LogP contribution in [-0.2, 0) is 27.4 Å². The third-order valence-electron chi connectivity index (χ3n) is 3.95. The number of hydrogen-bond donors (Lipinski definition) is 2. The van der Waals surface area contributed by atoms with Crippen LogP contribution in [0, 0.1) is 0 Å². The molecule has 0 atom stereocenters. The van der Waals surface area contributed by atoms with E-state index >= 15 is 0 Å². The Bertz CT molecular complexity index is 952. The van der Waals surface area contributed by atoms with Gasteiger partial charge in [-0.15, -0.1) is 0 Å². The summed E-state index contributed by atoms with van der Waals surface area (Å²) in [7, 11) is -3.52. The predicted octanol–water partition coefficient (Wildman–Crippen LogP) is 3.38. The van der Waals surface area contributed by atoms with Crippen molar-refractivity contribution in [1.29, 1.82) is 0 Å². The number of hydrogen-bond acceptors (Lipinski definition) is 3. The molecular formula is C20H21F3N2O3S. The molecule has 0 aliphatic heterocycles. The zero-order valence-electron chi connectivity index (χ0n) is 15.7. The highest BCUT2D eigenvalue weighted by molar-refractivity contribution is 7.89. The number of alkyl halides is 3. The van der Waals surface area contributed by atoms with E-state index in [1.807, 2.05) is 0 Å². The molecule has 0 radical (unpaired) electrons. The number of halogens is 3. The van der Waals surface area contributed by atoms with Crippen LogP contribution in [0.4, 0.5) is 13.2 Å². The first kappa shape index (κ1) is 22.6. The van der Waals surface area contributed by atoms with Crippen molar-refractivity contribution < 1.29 is 26.4 Å². The lowest BCUT2D eigenvalue weighted by Gasteiger charge is -2.08. The van der Waals surface area contributed by atoms with E-state index in [-0.39, 0.29) is 23.9 Å². The third-order valence-corrected chi connectivity index (χ3v) is 5.51. The second-order valence-electron chi connectivity index (χ2n) is 6.14. The molecule has 0 aliphatic carbocycles. The Labute approximate surface area is 167 Å². The van der Waals surface area contributed by atoms with E-state index in [1.54, 1.807) is 19.1 Å². The lowest BCUT2D eigenvalue weighted by atomic mass is 10.1. The molecule has 29 heavy (non-hydrogen) atoms. The Morgan fingerprint density at radius 2 is 1.66 bits per heavy atom. The molecule has 0 unspecified atom stereocenters. The standard InChI is InChI=1S/C20H21F3N2O3S/c1-2-25-29(27,28)18-10-5-15(6-11-18)7-12-19(26)24-14-13-16-3-8-17(9-4-16)20(21,22)23/h3-12,25H,2,13-14H2,1H3,(H,24,26)/b12-7+. The van der Waals surface area contributed by atoms with Crippen molar-refractivity contribution in [2.24, 2.45) is 0 Å². The maximum Gasteiger partial charge on any atom is 0.416 e. The van der Waals surface area contributed by atoms with Crippen LogP contribution in [-0.4, -0.2) is 27.4 Å². The number of nitrogens with one attached hydrogen (secondary N) is 2. The van der Waals surface area contributed by atoms with Crippen LogP contribution in [0.15, 0.2) is 59.5 Å². The van der Waals surface area contributed by atoms with Crippen LogP contribution >= 0.6 is 0 Å². The maximum absolute atomic E-state index is 12.5. The molecule has 0 spiro atoms. The third kappa shape index (κ3) is 7.03. The highest BCUT2D eigenvalue weighted by Crippen LogP contribution is 2.29. The summed E-state index contributed by atoms with van der Waals surface area (Å²) in [5.41, 5.74) is 0.621. The molecular weight excluding hydrogens is 405 g/mol. The molecule has 9 heteroatoms. The second-order valence-corrected chi connectivity index (χ2v) is 7.91. The normalized spacial score (nSPS) is 12.3. The van der Waals surface area contributed by atoms with E-state index < -0.39 is 21.8 Å². The molecule has 0 saturated carbocycles. The highest BCUT2D eigenvalue weighted by atomic mass is 32.2. The molecule has 0 saturated heterocycles. The Morgan fingerprint density at radius 1 is 1.03 bits per heavy atom. The monoisotopic (exact) mass is 426 g/mol. The van der Waals surface area contributed by atoms with Gasteiger partial charge in [0, 0.05) is 19.2 Å². The number of sulfonamides is 1. The molecule has 0 aliphatic rings. The first-order valence-corrected chi connectivity index (χ1v) is 10.3. The number of rotatable bonds is 8. The van der Waals surface area contributed by atoms with Crippen LogP contribution in [0.2, 0.25) is 0 Å². The topological polar surface area (TPSA) is 75.3 Å². The van der Waals surface area contributed by atoms with Gasteiger partial charge >= 0.3 is 6.18 Å². The molecule has 0 fully saturated rings. The van der Waals surface area contributed by atoms with Crippen molar-refractivity contribution in [2.45, 2.75) is 24.4 Å². The SMILES string of the molecule is CCNS(=O)(=O)c1ccc(/C=C/C(=O)NCCc2ccc(C(F)(F)F)cc2)cc1. The summed E-state index contributed by atoms with van der Waals surface area (Å²) < 4.78 is 63.7. The molecule has 2 N–H and O–H groups in total. The predicted molar refractivity (Wildman–Crippen MR) is 104 cm³/mol. The molecule has 1 amide bonds. The summed E-state index contributed by atoms with van der Waals surface area (Å²) in [6, 6.07) is 10.8. The minimum atomic E-state index is -4.37. The molecule has 2 aromatic carbocycles. The van der Waals surface area contributed by atoms with Gasteiger partial charge in [-0.25, -0.2) is 13.1 Å². The van der Waals surface area contributed by atoms with Crippen molar-refractivity contribution in [3.63, 3.8) is 0 Å². The van der Waals surface area contributed by atoms with Crippen molar-refractivity contribution in [3.05, 3.63) is 71.3 Å². The average Bonchev–Trinajstić information content (AvgIpc) is 2.66. The van der Waals surface area contributed by atoms with E-state index in [2.05, 4.69) is 10.0 Å². The quantitative estimate of drug-likeness (QED) is 0.636. The fraction of sp³-hybridized carbons (Fsp3) is 0.250. The van der Waals surface area contributed by atoms with Crippen LogP contribution in [0.3, 0.4) is 0 Å². The second kappa shape index (κ2) is 9.71. The molecule has 5 nitrogen and oxygen atoms in total. The van der Waals surface area contributed by atoms with Crippen molar-refractivity contribution >= 4 is 22.0 Å². The molecule has 0 aromatic heterocycles. The van der Waals surface area contributed by atoms with Gasteiger partial charge in [-0.3, -0.25) is 4.79 Å². The largest absolute Gasteiger partial charge is 0.416 e. The Balaban J connectivity index is 1.84. The fourth-order valence-corrected chi connectivity index (χ4v) is 3.49. The van der Waals surface area contributed by atoms with E-state index in [0.717, 1.165) is 12.1 Å². The van der Waals surface area contributed by atoms with Crippen LogP contribution in [0.5, 0.6) is 0 Å². The number of benzene rings is 2. The molecule has 2 rings (SSSR count). The van der Waals surface area contributed by atoms with Gasteiger partial charge < -0.3 is 5.32 Å². The first-order chi connectivity index (χ1) is 13.6. The van der Waals surface area contributed by atoms with Gasteiger partial charge in [-0.05, 0) is 47.9 Å². The van der Waals surface area contributed by atoms with Gasteiger partial charge in [0.2, 0.25) is 15.9 Å². The Morgan fingerprint density at radius 3 is 2.21 bits per heavy atom. The van der Waals surface area contributed by atoms with Crippen molar-refractivity contribution in [2.75, 3.05) is 13.1 Å². The summed E-state index contributed by atoms with van der Waals surface area (Å²) in [6.45, 7) is 2.25. The van der Waals surface area contributed by atoms with E-state index in [9.17, 15) is 26.4 Å². The Hall–Kier alpha value is -2.65. The van der Waals surface area contributed by atoms with E-state index in [4.69, 9.17) is 0 Å². The van der Waals surface area contributed by atoms with Crippen LogP contribution < -0.4 is 10.0 Å². The zero-order chi connectivity index (χ0) is 21.5. The van der Waals surface area contributed by atoms with E-state index in [0.29, 0.717) is 17.5 Å². The molecule has 156 valence electrons. The summed E-state index contributed by atoms with van der Waals surface area (Å²) in [4.78, 5) is 12.0. The van der Waals surface area contributed by atoms with Crippen LogP contribution in [0.25, 0.3) is 6.08 Å². The van der Waals surface area contributed by atoms with Gasteiger partial charge in [0.05, 0.1) is 10.5 Å². The molecule has 2 aromatic rings.